The summed E-state index contributed by atoms with van der Waals surface area (Å²) >= 11 is 12.2. The second-order valence-electron chi connectivity index (χ2n) is 8.14. The highest BCUT2D eigenvalue weighted by molar-refractivity contribution is 6.37. The molecular formula is C24H31Cl2N3O4. The van der Waals surface area contributed by atoms with Gasteiger partial charge in [-0.15, -0.1) is 0 Å². The second kappa shape index (κ2) is 13.0. The Bertz CT molecular complexity index is 876. The van der Waals surface area contributed by atoms with E-state index in [1.165, 1.54) is 0 Å². The molecule has 7 nitrogen and oxygen atoms in total. The van der Waals surface area contributed by atoms with Crippen molar-refractivity contribution in [2.75, 3.05) is 46.6 Å². The Morgan fingerprint density at radius 3 is 2.64 bits per heavy atom. The number of carbonyl (C=O) groups excluding carboxylic acids is 1. The number of piperidine rings is 1. The summed E-state index contributed by atoms with van der Waals surface area (Å²) in [6.07, 6.45) is 4.35. The summed E-state index contributed by atoms with van der Waals surface area (Å²) in [4.78, 5) is 19.3. The zero-order valence-electron chi connectivity index (χ0n) is 18.8. The van der Waals surface area contributed by atoms with Crippen LogP contribution in [0, 0.1) is 11.8 Å². The number of pyridine rings is 1. The van der Waals surface area contributed by atoms with Gasteiger partial charge < -0.3 is 24.8 Å². The predicted molar refractivity (Wildman–Crippen MR) is 129 cm³/mol. The molecule has 0 saturated carbocycles. The summed E-state index contributed by atoms with van der Waals surface area (Å²) in [6, 6.07) is 8.88. The number of hydrogen-bond acceptors (Lipinski definition) is 6. The number of ether oxygens (including phenoxy) is 3. The lowest BCUT2D eigenvalue weighted by atomic mass is 9.94. The molecule has 2 unspecified atom stereocenters. The van der Waals surface area contributed by atoms with Crippen LogP contribution in [-0.2, 0) is 16.0 Å². The minimum Gasteiger partial charge on any atom is -0.487 e. The highest BCUT2D eigenvalue weighted by Crippen LogP contribution is 2.32. The molecule has 0 radical (unpaired) electrons. The summed E-state index contributed by atoms with van der Waals surface area (Å²) in [5, 5.41) is 0.903. The Morgan fingerprint density at radius 1 is 1.21 bits per heavy atom. The van der Waals surface area contributed by atoms with E-state index in [9.17, 15) is 4.79 Å². The lowest BCUT2D eigenvalue weighted by molar-refractivity contribution is -0.137. The molecule has 9 heteroatoms. The van der Waals surface area contributed by atoms with Crippen molar-refractivity contribution in [1.82, 2.24) is 9.88 Å². The third-order valence-electron chi connectivity index (χ3n) is 5.65. The lowest BCUT2D eigenvalue weighted by Crippen LogP contribution is -2.46. The van der Waals surface area contributed by atoms with Crippen LogP contribution in [0.1, 0.15) is 18.4 Å². The second-order valence-corrected chi connectivity index (χ2v) is 8.95. The lowest BCUT2D eigenvalue weighted by Gasteiger charge is -2.34. The third-order valence-corrected chi connectivity index (χ3v) is 6.24. The molecule has 33 heavy (non-hydrogen) atoms. The van der Waals surface area contributed by atoms with Crippen LogP contribution >= 0.6 is 23.2 Å². The number of amides is 1. The average molecular weight is 496 g/mol. The van der Waals surface area contributed by atoms with Crippen molar-refractivity contribution >= 4 is 29.1 Å². The Hall–Kier alpha value is -2.06. The number of likely N-dealkylation sites (tertiary alicyclic amines) is 1. The molecule has 0 aliphatic carbocycles. The van der Waals surface area contributed by atoms with Gasteiger partial charge in [0.1, 0.15) is 13.2 Å². The maximum atomic E-state index is 13.0. The molecule has 1 aromatic carbocycles. The molecule has 0 spiro atoms. The van der Waals surface area contributed by atoms with Crippen molar-refractivity contribution in [3.8, 4) is 11.6 Å². The number of benzene rings is 1. The number of hydrogen-bond donors (Lipinski definition) is 1. The summed E-state index contributed by atoms with van der Waals surface area (Å²) in [7, 11) is 1.70. The first-order valence-corrected chi connectivity index (χ1v) is 11.9. The van der Waals surface area contributed by atoms with Gasteiger partial charge in [0.2, 0.25) is 11.8 Å². The van der Waals surface area contributed by atoms with Gasteiger partial charge in [0.15, 0.2) is 5.75 Å². The minimum absolute atomic E-state index is 0.106. The summed E-state index contributed by atoms with van der Waals surface area (Å²) in [5.74, 6) is 1.14. The number of carbonyl (C=O) groups is 1. The molecule has 1 fully saturated rings. The number of halogens is 2. The zero-order chi connectivity index (χ0) is 23.6. The monoisotopic (exact) mass is 495 g/mol. The fraction of sp³-hybridized carbons (Fsp3) is 0.500. The molecule has 2 atom stereocenters. The fourth-order valence-corrected chi connectivity index (χ4v) is 4.49. The van der Waals surface area contributed by atoms with E-state index in [0.717, 1.165) is 31.5 Å². The number of nitrogens with zero attached hydrogens (tertiary/aromatic N) is 2. The maximum absolute atomic E-state index is 13.0. The van der Waals surface area contributed by atoms with Crippen LogP contribution in [0.15, 0.2) is 36.5 Å². The number of para-hydroxylation sites is 1. The standard InChI is InChI=1S/C24H31Cl2N3O4/c1-31-16-18-4-3-9-29(15-18)24(30)19(13-27)12-17-7-8-22(28-14-17)32-10-11-33-23-20(25)5-2-6-21(23)26/h2,5-8,14,18-19H,3-4,9-13,15-16,27H2,1H3. The van der Waals surface area contributed by atoms with Gasteiger partial charge in [-0.1, -0.05) is 35.3 Å². The molecule has 1 amide bonds. The smallest absolute Gasteiger partial charge is 0.227 e. The van der Waals surface area contributed by atoms with Crippen molar-refractivity contribution in [3.63, 3.8) is 0 Å². The van der Waals surface area contributed by atoms with Crippen molar-refractivity contribution in [1.29, 1.82) is 0 Å². The van der Waals surface area contributed by atoms with Crippen LogP contribution in [0.25, 0.3) is 0 Å². The van der Waals surface area contributed by atoms with Crippen LogP contribution < -0.4 is 15.2 Å². The first kappa shape index (κ1) is 25.6. The van der Waals surface area contributed by atoms with Gasteiger partial charge in [0.25, 0.3) is 0 Å². The largest absolute Gasteiger partial charge is 0.487 e. The van der Waals surface area contributed by atoms with E-state index in [4.69, 9.17) is 43.1 Å². The first-order valence-electron chi connectivity index (χ1n) is 11.1. The Morgan fingerprint density at radius 2 is 1.97 bits per heavy atom. The molecule has 180 valence electrons. The Kier molecular flexibility index (Phi) is 10.1. The molecule has 1 aliphatic rings. The minimum atomic E-state index is -0.270. The number of rotatable bonds is 11. The van der Waals surface area contributed by atoms with Crippen molar-refractivity contribution < 1.29 is 19.0 Å². The average Bonchev–Trinajstić information content (AvgIpc) is 2.82. The topological polar surface area (TPSA) is 86.9 Å². The Balaban J connectivity index is 1.47. The number of methoxy groups -OCH3 is 1. The van der Waals surface area contributed by atoms with E-state index < -0.39 is 0 Å². The van der Waals surface area contributed by atoms with Gasteiger partial charge in [-0.3, -0.25) is 4.79 Å². The highest BCUT2D eigenvalue weighted by Gasteiger charge is 2.28. The van der Waals surface area contributed by atoms with Crippen molar-refractivity contribution in [3.05, 3.63) is 52.1 Å². The van der Waals surface area contributed by atoms with Gasteiger partial charge in [-0.05, 0) is 42.9 Å². The molecule has 1 saturated heterocycles. The van der Waals surface area contributed by atoms with E-state index in [-0.39, 0.29) is 25.0 Å². The van der Waals surface area contributed by atoms with Crippen molar-refractivity contribution in [2.45, 2.75) is 19.3 Å². The molecule has 1 aliphatic heterocycles. The zero-order valence-corrected chi connectivity index (χ0v) is 20.4. The van der Waals surface area contributed by atoms with Crippen LogP contribution in [0.4, 0.5) is 0 Å². The fourth-order valence-electron chi connectivity index (χ4n) is 3.98. The normalized spacial score (nSPS) is 17.0. The van der Waals surface area contributed by atoms with Gasteiger partial charge in [0, 0.05) is 39.0 Å². The number of aromatic nitrogens is 1. The van der Waals surface area contributed by atoms with E-state index in [2.05, 4.69) is 4.98 Å². The SMILES string of the molecule is COCC1CCCN(C(=O)C(CN)Cc2ccc(OCCOc3c(Cl)cccc3Cl)nc2)C1. The first-order chi connectivity index (χ1) is 16.0. The molecule has 1 aromatic heterocycles. The summed E-state index contributed by atoms with van der Waals surface area (Å²) < 4.78 is 16.5. The van der Waals surface area contributed by atoms with E-state index >= 15 is 0 Å². The van der Waals surface area contributed by atoms with E-state index in [1.54, 1.807) is 37.6 Å². The summed E-state index contributed by atoms with van der Waals surface area (Å²) in [5.41, 5.74) is 6.89. The van der Waals surface area contributed by atoms with Gasteiger partial charge >= 0.3 is 0 Å². The van der Waals surface area contributed by atoms with Crippen LogP contribution in [0.3, 0.4) is 0 Å². The maximum Gasteiger partial charge on any atom is 0.227 e. The van der Waals surface area contributed by atoms with E-state index in [1.807, 2.05) is 11.0 Å². The molecule has 2 heterocycles. The molecule has 3 rings (SSSR count). The molecule has 0 bridgehead atoms. The van der Waals surface area contributed by atoms with Crippen LogP contribution in [-0.4, -0.2) is 62.4 Å². The van der Waals surface area contributed by atoms with Crippen molar-refractivity contribution in [2.24, 2.45) is 17.6 Å². The molecule has 2 aromatic rings. The predicted octanol–water partition coefficient (Wildman–Crippen LogP) is 3.85. The van der Waals surface area contributed by atoms with Crippen LogP contribution in [0.5, 0.6) is 11.6 Å². The summed E-state index contributed by atoms with van der Waals surface area (Å²) in [6.45, 7) is 3.05. The molecular weight excluding hydrogens is 465 g/mol. The Labute approximate surface area is 205 Å². The van der Waals surface area contributed by atoms with Crippen LogP contribution in [0.2, 0.25) is 10.0 Å². The highest BCUT2D eigenvalue weighted by atomic mass is 35.5. The molecule has 2 N–H and O–H groups in total. The third kappa shape index (κ3) is 7.47. The van der Waals surface area contributed by atoms with E-state index in [0.29, 0.717) is 47.2 Å². The van der Waals surface area contributed by atoms with Gasteiger partial charge in [-0.2, -0.15) is 0 Å². The van der Waals surface area contributed by atoms with Gasteiger partial charge in [0.05, 0.1) is 22.6 Å². The quantitative estimate of drug-likeness (QED) is 0.476. The van der Waals surface area contributed by atoms with Gasteiger partial charge in [-0.25, -0.2) is 4.98 Å². The number of nitrogens with two attached hydrogens (primary N) is 1.